The second kappa shape index (κ2) is 12.0. The van der Waals surface area contributed by atoms with Gasteiger partial charge in [-0.2, -0.15) is 0 Å². The molecule has 0 aromatic heterocycles. The van der Waals surface area contributed by atoms with Crippen LogP contribution < -0.4 is 10.6 Å². The molecule has 218 valence electrons. The molecule has 4 aromatic rings. The predicted molar refractivity (Wildman–Crippen MR) is 170 cm³/mol. The molecule has 0 heterocycles. The van der Waals surface area contributed by atoms with E-state index in [0.29, 0.717) is 0 Å². The Morgan fingerprint density at radius 1 is 0.558 bits per heavy atom. The smallest absolute Gasteiger partial charge is 0.257 e. The number of fused-ring (bicyclic) bond motifs is 2. The number of phenolic OH excluding ortho intramolecular Hbond substituents is 1. The van der Waals surface area contributed by atoms with E-state index in [-0.39, 0.29) is 84.9 Å². The minimum absolute atomic E-state index is 0.0574. The second-order valence-corrected chi connectivity index (χ2v) is 12.0. The first-order valence-corrected chi connectivity index (χ1v) is 14.6. The van der Waals surface area contributed by atoms with Crippen LogP contribution in [0.4, 0.5) is 11.4 Å². The van der Waals surface area contributed by atoms with Crippen molar-refractivity contribution in [3.8, 4) is 5.75 Å². The molecule has 0 fully saturated rings. The summed E-state index contributed by atoms with van der Waals surface area (Å²) in [5, 5.41) is 14.5. The van der Waals surface area contributed by atoms with Crippen LogP contribution in [0.1, 0.15) is 52.6 Å². The maximum atomic E-state index is 13.8. The van der Waals surface area contributed by atoms with Crippen molar-refractivity contribution in [2.45, 2.75) is 0 Å². The average molecular weight is 738 g/mol. The van der Waals surface area contributed by atoms with Gasteiger partial charge in [0.25, 0.3) is 11.8 Å². The van der Waals surface area contributed by atoms with E-state index in [4.69, 9.17) is 92.8 Å². The van der Waals surface area contributed by atoms with Crippen molar-refractivity contribution in [1.82, 2.24) is 0 Å². The topological polar surface area (TPSA) is 113 Å². The molecule has 43 heavy (non-hydrogen) atoms. The lowest BCUT2D eigenvalue weighted by Gasteiger charge is -2.24. The zero-order valence-electron chi connectivity index (χ0n) is 20.6. The van der Waals surface area contributed by atoms with Crippen LogP contribution >= 0.6 is 92.8 Å². The highest BCUT2D eigenvalue weighted by Crippen LogP contribution is 2.42. The van der Waals surface area contributed by atoms with Gasteiger partial charge in [-0.1, -0.05) is 105 Å². The molecule has 1 aliphatic rings. The predicted octanol–water partition coefficient (Wildman–Crippen LogP) is 9.90. The summed E-state index contributed by atoms with van der Waals surface area (Å²) in [5.74, 6) is -3.72. The lowest BCUT2D eigenvalue weighted by molar-refractivity contribution is 0.0975. The van der Waals surface area contributed by atoms with Gasteiger partial charge in [-0.25, -0.2) is 0 Å². The number of ketones is 2. The summed E-state index contributed by atoms with van der Waals surface area (Å²) in [6.45, 7) is 0. The van der Waals surface area contributed by atoms with Gasteiger partial charge in [-0.05, 0) is 30.3 Å². The molecule has 2 amide bonds. The van der Waals surface area contributed by atoms with Gasteiger partial charge in [0.05, 0.1) is 79.4 Å². The van der Waals surface area contributed by atoms with E-state index < -0.39 is 29.1 Å². The van der Waals surface area contributed by atoms with Gasteiger partial charge in [0.2, 0.25) is 0 Å². The summed E-state index contributed by atoms with van der Waals surface area (Å²) < 4.78 is 0. The van der Waals surface area contributed by atoms with Gasteiger partial charge < -0.3 is 15.7 Å². The number of anilines is 2. The molecule has 1 aliphatic carbocycles. The Hall–Kier alpha value is -2.72. The molecule has 0 spiro atoms. The summed E-state index contributed by atoms with van der Waals surface area (Å²) in [4.78, 5) is 54.1. The zero-order valence-corrected chi connectivity index (χ0v) is 26.7. The molecule has 0 unspecified atom stereocenters. The summed E-state index contributed by atoms with van der Waals surface area (Å²) in [5.41, 5.74) is -1.68. The number of phenols is 1. The number of rotatable bonds is 4. The van der Waals surface area contributed by atoms with Crippen molar-refractivity contribution in [2.24, 2.45) is 0 Å². The Kier molecular flexibility index (Phi) is 8.84. The fourth-order valence-corrected chi connectivity index (χ4v) is 6.14. The molecule has 7 nitrogen and oxygen atoms in total. The molecule has 0 atom stereocenters. The Morgan fingerprint density at radius 3 is 1.47 bits per heavy atom. The molecule has 0 saturated heterocycles. The number of hydrogen-bond donors (Lipinski definition) is 3. The van der Waals surface area contributed by atoms with Crippen LogP contribution in [0, 0.1) is 0 Å². The average Bonchev–Trinajstić information content (AvgIpc) is 2.97. The zero-order chi connectivity index (χ0) is 31.5. The molecule has 5 rings (SSSR count). The monoisotopic (exact) mass is 734 g/mol. The fourth-order valence-electron chi connectivity index (χ4n) is 4.37. The number of halogens is 8. The lowest BCUT2D eigenvalue weighted by Crippen LogP contribution is -2.26. The van der Waals surface area contributed by atoms with E-state index >= 15 is 0 Å². The molecule has 3 N–H and O–H groups in total. The van der Waals surface area contributed by atoms with Gasteiger partial charge in [0, 0.05) is 5.56 Å². The summed E-state index contributed by atoms with van der Waals surface area (Å²) in [7, 11) is 0. The number of aromatic hydroxyl groups is 1. The van der Waals surface area contributed by atoms with Gasteiger partial charge in [0.1, 0.15) is 5.75 Å². The Balaban J connectivity index is 1.65. The lowest BCUT2D eigenvalue weighted by atomic mass is 9.81. The first-order valence-electron chi connectivity index (χ1n) is 11.6. The minimum atomic E-state index is -0.856. The molecule has 4 aromatic carbocycles. The number of nitrogens with one attached hydrogen (secondary N) is 2. The third kappa shape index (κ3) is 5.43. The number of hydrogen-bond acceptors (Lipinski definition) is 5. The number of benzene rings is 4. The van der Waals surface area contributed by atoms with Crippen LogP contribution in [0.5, 0.6) is 5.75 Å². The molecular weight excluding hydrogens is 728 g/mol. The summed E-state index contributed by atoms with van der Waals surface area (Å²) in [6, 6.07) is 8.84. The van der Waals surface area contributed by atoms with E-state index in [2.05, 4.69) is 10.6 Å². The van der Waals surface area contributed by atoms with Crippen LogP contribution in [0.15, 0.2) is 42.5 Å². The molecule has 0 radical (unpaired) electrons. The first kappa shape index (κ1) is 31.7. The first-order chi connectivity index (χ1) is 20.2. The normalized spacial score (nSPS) is 12.1. The van der Waals surface area contributed by atoms with E-state index in [0.717, 1.165) is 0 Å². The minimum Gasteiger partial charge on any atom is -0.507 e. The highest BCUT2D eigenvalue weighted by atomic mass is 35.5. The quantitative estimate of drug-likeness (QED) is 0.126. The highest BCUT2D eigenvalue weighted by molar-refractivity contribution is 6.54. The van der Waals surface area contributed by atoms with E-state index in [1.54, 1.807) is 0 Å². The third-order valence-electron chi connectivity index (χ3n) is 6.36. The molecule has 15 heteroatoms. The Labute approximate surface area is 282 Å². The van der Waals surface area contributed by atoms with Gasteiger partial charge in [-0.15, -0.1) is 0 Å². The van der Waals surface area contributed by atoms with Crippen molar-refractivity contribution in [1.29, 1.82) is 0 Å². The maximum absolute atomic E-state index is 13.8. The Bertz CT molecular complexity index is 1960. The standard InChI is InChI=1S/C28H10Cl8N2O5/c29-11-6-9(19(31)23(35)21(11)33)27(42)37-13-4-5-14(38-28(43)10-7-12(30)22(34)24(36)20(10)32)18-17(13)25(40)8-2-1-3-15(39)16(8)26(18)41/h1-7,39H,(H,37,42)(H,38,43). The van der Waals surface area contributed by atoms with Crippen LogP contribution in [-0.2, 0) is 0 Å². The van der Waals surface area contributed by atoms with E-state index in [9.17, 15) is 24.3 Å². The van der Waals surface area contributed by atoms with Gasteiger partial charge in [0.15, 0.2) is 11.6 Å². The fraction of sp³-hybridized carbons (Fsp3) is 0. The van der Waals surface area contributed by atoms with Crippen LogP contribution in [-0.4, -0.2) is 28.5 Å². The van der Waals surface area contributed by atoms with E-state index in [1.807, 2.05) is 0 Å². The number of amides is 2. The molecule has 0 saturated carbocycles. The summed E-state index contributed by atoms with van der Waals surface area (Å²) >= 11 is 48.8. The van der Waals surface area contributed by atoms with E-state index in [1.165, 1.54) is 42.5 Å². The van der Waals surface area contributed by atoms with Crippen LogP contribution in [0.25, 0.3) is 0 Å². The Morgan fingerprint density at radius 2 is 1.00 bits per heavy atom. The SMILES string of the molecule is O=C(Nc1ccc(NC(=O)c2cc(Cl)c(Cl)c(Cl)c2Cl)c2c1C(=O)c1cccc(O)c1C2=O)c1cc(Cl)c(Cl)c(Cl)c1Cl. The largest absolute Gasteiger partial charge is 0.507 e. The van der Waals surface area contributed by atoms with Crippen LogP contribution in [0.2, 0.25) is 40.2 Å². The van der Waals surface area contributed by atoms with Gasteiger partial charge >= 0.3 is 0 Å². The van der Waals surface area contributed by atoms with Gasteiger partial charge in [-0.3, -0.25) is 19.2 Å². The van der Waals surface area contributed by atoms with Crippen molar-refractivity contribution in [2.75, 3.05) is 10.6 Å². The van der Waals surface area contributed by atoms with Crippen molar-refractivity contribution in [3.63, 3.8) is 0 Å². The maximum Gasteiger partial charge on any atom is 0.257 e. The molecule has 0 bridgehead atoms. The highest BCUT2D eigenvalue weighted by Gasteiger charge is 2.37. The number of carbonyl (C=O) groups excluding carboxylic acids is 4. The molecular formula is C28H10Cl8N2O5. The van der Waals surface area contributed by atoms with Crippen molar-refractivity contribution in [3.05, 3.63) is 116 Å². The second-order valence-electron chi connectivity index (χ2n) is 8.87. The van der Waals surface area contributed by atoms with Crippen molar-refractivity contribution >= 4 is 128 Å². The van der Waals surface area contributed by atoms with Crippen molar-refractivity contribution < 1.29 is 24.3 Å². The third-order valence-corrected chi connectivity index (χ3v) is 9.87. The summed E-state index contributed by atoms with van der Waals surface area (Å²) in [6.07, 6.45) is 0. The molecule has 0 aliphatic heterocycles. The number of carbonyl (C=O) groups is 4. The van der Waals surface area contributed by atoms with Crippen LogP contribution in [0.3, 0.4) is 0 Å².